The highest BCUT2D eigenvalue weighted by molar-refractivity contribution is 7.99. The number of aliphatic carboxylic acids is 1. The van der Waals surface area contributed by atoms with Gasteiger partial charge in [0.05, 0.1) is 17.5 Å². The van der Waals surface area contributed by atoms with Gasteiger partial charge in [-0.2, -0.15) is 0 Å². The van der Waals surface area contributed by atoms with E-state index in [1.807, 2.05) is 18.2 Å². The Hall–Kier alpha value is -1.60. The van der Waals surface area contributed by atoms with Crippen LogP contribution in [0, 0.1) is 0 Å². The van der Waals surface area contributed by atoms with E-state index in [0.29, 0.717) is 27.3 Å². The fraction of sp³-hybridized carbons (Fsp3) is 0.278. The molecular weight excluding hydrogens is 397 g/mol. The van der Waals surface area contributed by atoms with E-state index in [1.54, 1.807) is 37.1 Å². The van der Waals surface area contributed by atoms with Gasteiger partial charge >= 0.3 is 5.97 Å². The van der Waals surface area contributed by atoms with Crippen molar-refractivity contribution in [2.45, 2.75) is 18.0 Å². The van der Waals surface area contributed by atoms with Gasteiger partial charge in [-0.15, -0.1) is 11.8 Å². The maximum absolute atomic E-state index is 11.1. The van der Waals surface area contributed by atoms with E-state index in [4.69, 9.17) is 37.8 Å². The van der Waals surface area contributed by atoms with Crippen LogP contribution in [0.1, 0.15) is 16.5 Å². The molecule has 26 heavy (non-hydrogen) atoms. The maximum atomic E-state index is 11.1. The minimum absolute atomic E-state index is 0.0834. The van der Waals surface area contributed by atoms with Crippen molar-refractivity contribution in [1.82, 2.24) is 5.32 Å². The molecule has 5 nitrogen and oxygen atoms in total. The Bertz CT molecular complexity index is 818. The summed E-state index contributed by atoms with van der Waals surface area (Å²) in [5, 5.41) is 13.1. The lowest BCUT2D eigenvalue weighted by Crippen LogP contribution is -2.33. The third-order valence-corrected chi connectivity index (χ3v) is 5.76. The first kappa shape index (κ1) is 19.2. The molecule has 1 heterocycles. The maximum Gasteiger partial charge on any atom is 0.321 e. The number of carbonyl (C=O) groups is 1. The van der Waals surface area contributed by atoms with Crippen LogP contribution in [-0.4, -0.2) is 30.0 Å². The third kappa shape index (κ3) is 4.38. The van der Waals surface area contributed by atoms with E-state index in [2.05, 4.69) is 5.32 Å². The van der Waals surface area contributed by atoms with Gasteiger partial charge in [-0.05, 0) is 35.9 Å². The van der Waals surface area contributed by atoms with E-state index >= 15 is 0 Å². The van der Waals surface area contributed by atoms with Crippen molar-refractivity contribution in [1.29, 1.82) is 0 Å². The summed E-state index contributed by atoms with van der Waals surface area (Å²) in [6.07, 6.45) is 0. The molecule has 1 aliphatic heterocycles. The summed E-state index contributed by atoms with van der Waals surface area (Å²) in [6.45, 7) is 0.262. The molecule has 2 N–H and O–H groups in total. The highest BCUT2D eigenvalue weighted by atomic mass is 35.5. The van der Waals surface area contributed by atoms with Gasteiger partial charge < -0.3 is 14.6 Å². The Labute approximate surface area is 165 Å². The van der Waals surface area contributed by atoms with Gasteiger partial charge in [-0.1, -0.05) is 29.3 Å². The number of hydrogen-bond acceptors (Lipinski definition) is 5. The number of benzene rings is 2. The fourth-order valence-electron chi connectivity index (χ4n) is 2.63. The molecule has 0 unspecified atom stereocenters. The van der Waals surface area contributed by atoms with Gasteiger partial charge in [0.25, 0.3) is 0 Å². The molecule has 0 spiro atoms. The van der Waals surface area contributed by atoms with Crippen LogP contribution < -0.4 is 14.8 Å². The minimum atomic E-state index is -0.838. The zero-order valence-corrected chi connectivity index (χ0v) is 16.2. The molecule has 1 fully saturated rings. The van der Waals surface area contributed by atoms with Crippen LogP contribution in [-0.2, 0) is 11.4 Å². The Morgan fingerprint density at radius 1 is 1.27 bits per heavy atom. The summed E-state index contributed by atoms with van der Waals surface area (Å²) in [6, 6.07) is 10.2. The Morgan fingerprint density at radius 3 is 2.69 bits per heavy atom. The molecule has 0 radical (unpaired) electrons. The summed E-state index contributed by atoms with van der Waals surface area (Å²) in [4.78, 5) is 11.1. The molecule has 0 saturated carbocycles. The largest absolute Gasteiger partial charge is 0.496 e. The highest BCUT2D eigenvalue weighted by Gasteiger charge is 2.30. The molecule has 138 valence electrons. The van der Waals surface area contributed by atoms with Crippen molar-refractivity contribution >= 4 is 40.9 Å². The van der Waals surface area contributed by atoms with Crippen molar-refractivity contribution in [2.75, 3.05) is 12.9 Å². The standard InChI is InChI=1S/C18H17Cl2NO4S/c1-24-15-4-2-10(17-21-14(9-26-17)18(22)23)6-11(15)8-25-16-5-3-12(19)7-13(16)20/h2-7,14,17,21H,8-9H2,1H3,(H,22,23)/t14-,17+/m0/s1. The number of rotatable bonds is 6. The number of carboxylic acid groups (broad SMARTS) is 1. The number of thioether (sulfide) groups is 1. The van der Waals surface area contributed by atoms with Crippen molar-refractivity contribution < 1.29 is 19.4 Å². The predicted molar refractivity (Wildman–Crippen MR) is 104 cm³/mol. The first-order chi connectivity index (χ1) is 12.5. The van der Waals surface area contributed by atoms with Crippen LogP contribution in [0.2, 0.25) is 10.0 Å². The lowest BCUT2D eigenvalue weighted by Gasteiger charge is -2.16. The number of carboxylic acids is 1. The van der Waals surface area contributed by atoms with Gasteiger partial charge in [0.2, 0.25) is 0 Å². The lowest BCUT2D eigenvalue weighted by atomic mass is 10.1. The number of halogens is 2. The van der Waals surface area contributed by atoms with Gasteiger partial charge in [0.1, 0.15) is 24.1 Å². The molecular formula is C18H17Cl2NO4S. The number of ether oxygens (including phenoxy) is 2. The first-order valence-electron chi connectivity index (χ1n) is 7.83. The quantitative estimate of drug-likeness (QED) is 0.732. The monoisotopic (exact) mass is 413 g/mol. The van der Waals surface area contributed by atoms with E-state index in [9.17, 15) is 4.79 Å². The van der Waals surface area contributed by atoms with Crippen molar-refractivity contribution in [3.63, 3.8) is 0 Å². The fourth-order valence-corrected chi connectivity index (χ4v) is 4.31. The van der Waals surface area contributed by atoms with Gasteiger partial charge in [0.15, 0.2) is 0 Å². The molecule has 1 saturated heterocycles. The molecule has 1 aliphatic rings. The van der Waals surface area contributed by atoms with Crippen LogP contribution in [0.25, 0.3) is 0 Å². The summed E-state index contributed by atoms with van der Waals surface area (Å²) < 4.78 is 11.2. The van der Waals surface area contributed by atoms with Gasteiger partial charge in [0, 0.05) is 16.3 Å². The normalized spacial score (nSPS) is 19.3. The summed E-state index contributed by atoms with van der Waals surface area (Å²) in [5.41, 5.74) is 1.82. The van der Waals surface area contributed by atoms with Crippen LogP contribution in [0.15, 0.2) is 36.4 Å². The molecule has 2 atom stereocenters. The minimum Gasteiger partial charge on any atom is -0.496 e. The second-order valence-corrected chi connectivity index (χ2v) is 7.69. The molecule has 0 aromatic heterocycles. The number of hydrogen-bond donors (Lipinski definition) is 2. The van der Waals surface area contributed by atoms with Crippen LogP contribution in [0.5, 0.6) is 11.5 Å². The zero-order chi connectivity index (χ0) is 18.7. The van der Waals surface area contributed by atoms with Crippen LogP contribution in [0.3, 0.4) is 0 Å². The van der Waals surface area contributed by atoms with Crippen molar-refractivity contribution in [3.05, 3.63) is 57.6 Å². The van der Waals surface area contributed by atoms with Crippen LogP contribution >= 0.6 is 35.0 Å². The van der Waals surface area contributed by atoms with E-state index in [1.165, 1.54) is 0 Å². The smallest absolute Gasteiger partial charge is 0.321 e. The van der Waals surface area contributed by atoms with Crippen molar-refractivity contribution in [3.8, 4) is 11.5 Å². The molecule has 0 bridgehead atoms. The van der Waals surface area contributed by atoms with Crippen molar-refractivity contribution in [2.24, 2.45) is 0 Å². The molecule has 2 aromatic rings. The summed E-state index contributed by atoms with van der Waals surface area (Å²) >= 11 is 13.6. The number of nitrogens with one attached hydrogen (secondary N) is 1. The van der Waals surface area contributed by atoms with E-state index in [0.717, 1.165) is 11.1 Å². The second kappa shape index (κ2) is 8.39. The summed E-state index contributed by atoms with van der Waals surface area (Å²) in [7, 11) is 1.59. The topological polar surface area (TPSA) is 67.8 Å². The predicted octanol–water partition coefficient (Wildman–Crippen LogP) is 4.37. The first-order valence-corrected chi connectivity index (χ1v) is 9.63. The molecule has 0 amide bonds. The van der Waals surface area contributed by atoms with Crippen LogP contribution in [0.4, 0.5) is 0 Å². The molecule has 8 heteroatoms. The van der Waals surface area contributed by atoms with E-state index < -0.39 is 12.0 Å². The molecule has 2 aromatic carbocycles. The Balaban J connectivity index is 1.76. The average Bonchev–Trinajstić information content (AvgIpc) is 3.11. The SMILES string of the molecule is COc1ccc([C@@H]2N[C@H](C(=O)O)CS2)cc1COc1ccc(Cl)cc1Cl. The lowest BCUT2D eigenvalue weighted by molar-refractivity contribution is -0.138. The number of methoxy groups -OCH3 is 1. The third-order valence-electron chi connectivity index (χ3n) is 3.96. The Morgan fingerprint density at radius 2 is 2.04 bits per heavy atom. The zero-order valence-electron chi connectivity index (χ0n) is 13.9. The molecule has 0 aliphatic carbocycles. The average molecular weight is 414 g/mol. The highest BCUT2D eigenvalue weighted by Crippen LogP contribution is 2.35. The van der Waals surface area contributed by atoms with Gasteiger partial charge in [-0.3, -0.25) is 10.1 Å². The summed E-state index contributed by atoms with van der Waals surface area (Å²) in [5.74, 6) is 0.909. The Kier molecular flexibility index (Phi) is 6.19. The van der Waals surface area contributed by atoms with Gasteiger partial charge in [-0.25, -0.2) is 0 Å². The molecule has 3 rings (SSSR count). The van der Waals surface area contributed by atoms with E-state index in [-0.39, 0.29) is 12.0 Å². The second-order valence-electron chi connectivity index (χ2n) is 5.71.